The van der Waals surface area contributed by atoms with Crippen LogP contribution >= 0.6 is 0 Å². The van der Waals surface area contributed by atoms with Crippen molar-refractivity contribution in [3.63, 3.8) is 0 Å². The van der Waals surface area contributed by atoms with Gasteiger partial charge in [0.15, 0.2) is 0 Å². The first-order valence-electron chi connectivity index (χ1n) is 9.34. The van der Waals surface area contributed by atoms with E-state index in [4.69, 9.17) is 5.26 Å². The number of rotatable bonds is 7. The molecule has 2 aromatic carbocycles. The molecule has 3 rings (SSSR count). The van der Waals surface area contributed by atoms with Crippen LogP contribution < -0.4 is 5.32 Å². The maximum absolute atomic E-state index is 14.0. The zero-order valence-electron chi connectivity index (χ0n) is 16.7. The predicted molar refractivity (Wildman–Crippen MR) is 119 cm³/mol. The molecule has 0 saturated carbocycles. The second kappa shape index (κ2) is 9.99. The molecule has 154 valence electrons. The van der Waals surface area contributed by atoms with Crippen LogP contribution in [-0.2, 0) is 15.6 Å². The van der Waals surface area contributed by atoms with Gasteiger partial charge in [0.05, 0.1) is 0 Å². The molecule has 0 aromatic heterocycles. The molecular formula is C23H21FN2O2SSe. The molecule has 0 fully saturated rings. The summed E-state index contributed by atoms with van der Waals surface area (Å²) in [6.07, 6.45) is 3.81. The van der Waals surface area contributed by atoms with Crippen molar-refractivity contribution in [2.45, 2.75) is 23.6 Å². The van der Waals surface area contributed by atoms with Gasteiger partial charge in [-0.2, -0.15) is 0 Å². The van der Waals surface area contributed by atoms with Crippen molar-refractivity contribution in [3.8, 4) is 4.97 Å². The fraction of sp³-hybridized carbons (Fsp3) is 0.217. The summed E-state index contributed by atoms with van der Waals surface area (Å²) < 4.78 is 25.6. The molecule has 0 spiro atoms. The zero-order valence-corrected chi connectivity index (χ0v) is 19.2. The minimum atomic E-state index is -1.04. The molecule has 1 amide bonds. The van der Waals surface area contributed by atoms with Gasteiger partial charge in [0, 0.05) is 22.0 Å². The number of amides is 1. The maximum atomic E-state index is 14.0. The minimum absolute atomic E-state index is 0.124. The van der Waals surface area contributed by atoms with Crippen molar-refractivity contribution in [1.29, 1.82) is 5.26 Å². The molecular weight excluding hydrogens is 466 g/mol. The van der Waals surface area contributed by atoms with Crippen molar-refractivity contribution < 1.29 is 13.4 Å². The van der Waals surface area contributed by atoms with Gasteiger partial charge < -0.3 is 0 Å². The number of fused-ring (bicyclic) bond motifs is 1. The van der Waals surface area contributed by atoms with E-state index in [1.54, 1.807) is 12.3 Å². The topological polar surface area (TPSA) is 70.0 Å². The number of allylic oxidation sites excluding steroid dienone is 2. The van der Waals surface area contributed by atoms with Crippen LogP contribution in [0.2, 0.25) is 5.32 Å². The van der Waals surface area contributed by atoms with Crippen molar-refractivity contribution in [3.05, 3.63) is 70.5 Å². The van der Waals surface area contributed by atoms with E-state index in [1.807, 2.05) is 37.3 Å². The van der Waals surface area contributed by atoms with Crippen LogP contribution in [0.4, 0.5) is 4.39 Å². The van der Waals surface area contributed by atoms with E-state index in [-0.39, 0.29) is 33.1 Å². The van der Waals surface area contributed by atoms with Crippen LogP contribution in [0.5, 0.6) is 0 Å². The van der Waals surface area contributed by atoms with Gasteiger partial charge >= 0.3 is 159 Å². The van der Waals surface area contributed by atoms with Crippen LogP contribution in [-0.4, -0.2) is 37.9 Å². The van der Waals surface area contributed by atoms with Gasteiger partial charge in [0.2, 0.25) is 0 Å². The van der Waals surface area contributed by atoms with Gasteiger partial charge in [-0.1, -0.05) is 0 Å². The van der Waals surface area contributed by atoms with Crippen molar-refractivity contribution in [2.24, 2.45) is 0 Å². The van der Waals surface area contributed by atoms with E-state index >= 15 is 0 Å². The quantitative estimate of drug-likeness (QED) is 0.474. The number of benzene rings is 2. The Bertz CT molecular complexity index is 1100. The standard InChI is InChI=1S/C23H21FN2O2SSe/c1-15-20(11-16-3-6-18(7-4-16)29(2)28)19-8-5-17(24)12-22(19)21(15)13-23(27)26-9-10-30-14-25/h3-8,11-12H,9-10,13H2,1-2H3,(H,26,27)/b20-11-. The number of nitrogens with zero attached hydrogens (tertiary/aromatic N) is 1. The molecule has 7 heteroatoms. The first-order valence-corrected chi connectivity index (χ1v) is 13.0. The molecule has 4 nitrogen and oxygen atoms in total. The average Bonchev–Trinajstić information content (AvgIpc) is 2.97. The third-order valence-electron chi connectivity index (χ3n) is 4.90. The average molecular weight is 487 g/mol. The van der Waals surface area contributed by atoms with Crippen LogP contribution in [0.15, 0.2) is 52.9 Å². The van der Waals surface area contributed by atoms with Crippen LogP contribution in [0.25, 0.3) is 17.2 Å². The first kappa shape index (κ1) is 22.2. The Balaban J connectivity index is 1.91. The molecule has 1 unspecified atom stereocenters. The van der Waals surface area contributed by atoms with Gasteiger partial charge in [-0.05, 0) is 0 Å². The van der Waals surface area contributed by atoms with Crippen LogP contribution in [0.3, 0.4) is 0 Å². The summed E-state index contributed by atoms with van der Waals surface area (Å²) in [6, 6.07) is 12.1. The molecule has 1 N–H and O–H groups in total. The molecule has 0 radical (unpaired) electrons. The Labute approximate surface area is 184 Å². The fourth-order valence-corrected chi connectivity index (χ4v) is 4.55. The van der Waals surface area contributed by atoms with E-state index in [0.717, 1.165) is 38.3 Å². The SMILES string of the molecule is CC1=C(CC(=O)NCC[Se]C#N)c2cc(F)ccc2/C1=C\c1ccc(S(C)=O)cc1. The number of halogens is 1. The van der Waals surface area contributed by atoms with Crippen LogP contribution in [0.1, 0.15) is 30.0 Å². The van der Waals surface area contributed by atoms with Gasteiger partial charge in [-0.25, -0.2) is 0 Å². The second-order valence-corrected chi connectivity index (χ2v) is 10.1. The summed E-state index contributed by atoms with van der Waals surface area (Å²) in [4.78, 5) is 15.3. The molecule has 0 saturated heterocycles. The van der Waals surface area contributed by atoms with Crippen molar-refractivity contribution >= 4 is 48.9 Å². The number of carbonyl (C=O) groups excluding carboxylic acids is 1. The number of hydrogen-bond donors (Lipinski definition) is 1. The summed E-state index contributed by atoms with van der Waals surface area (Å²) in [5.74, 6) is -0.475. The summed E-state index contributed by atoms with van der Waals surface area (Å²) in [5, 5.41) is 12.1. The molecule has 1 aliphatic rings. The number of nitrogens with one attached hydrogen (secondary N) is 1. The number of hydrogen-bond acceptors (Lipinski definition) is 3. The number of carbonyl (C=O) groups is 1. The van der Waals surface area contributed by atoms with Gasteiger partial charge in [-0.3, -0.25) is 4.21 Å². The molecule has 2 aromatic rings. The Morgan fingerprint density at radius 2 is 1.97 bits per heavy atom. The van der Waals surface area contributed by atoms with E-state index in [2.05, 4.69) is 10.3 Å². The predicted octanol–water partition coefficient (Wildman–Crippen LogP) is 4.00. The van der Waals surface area contributed by atoms with Gasteiger partial charge in [-0.15, -0.1) is 0 Å². The van der Waals surface area contributed by atoms with E-state index in [1.165, 1.54) is 12.1 Å². The summed E-state index contributed by atoms with van der Waals surface area (Å²) >= 11 is -0.124. The van der Waals surface area contributed by atoms with Crippen molar-refractivity contribution in [2.75, 3.05) is 12.8 Å². The summed E-state index contributed by atoms with van der Waals surface area (Å²) in [6.45, 7) is 2.42. The molecule has 1 aliphatic carbocycles. The Hall–Kier alpha value is -2.52. The summed E-state index contributed by atoms with van der Waals surface area (Å²) in [7, 11) is -1.04. The molecule has 0 heterocycles. The van der Waals surface area contributed by atoms with E-state index in [0.29, 0.717) is 11.9 Å². The second-order valence-electron chi connectivity index (χ2n) is 6.84. The normalized spacial score (nSPS) is 15.1. The van der Waals surface area contributed by atoms with Gasteiger partial charge in [0.25, 0.3) is 0 Å². The van der Waals surface area contributed by atoms with E-state index < -0.39 is 10.8 Å². The zero-order chi connectivity index (χ0) is 21.7. The van der Waals surface area contributed by atoms with Crippen LogP contribution in [0, 0.1) is 16.0 Å². The fourth-order valence-electron chi connectivity index (χ4n) is 3.41. The monoisotopic (exact) mass is 488 g/mol. The van der Waals surface area contributed by atoms with E-state index in [9.17, 15) is 13.4 Å². The molecule has 0 aliphatic heterocycles. The Kier molecular flexibility index (Phi) is 7.38. The summed E-state index contributed by atoms with van der Waals surface area (Å²) in [5.41, 5.74) is 5.28. The molecule has 30 heavy (non-hydrogen) atoms. The molecule has 0 bridgehead atoms. The first-order chi connectivity index (χ1) is 14.4. The third kappa shape index (κ3) is 5.14. The van der Waals surface area contributed by atoms with Gasteiger partial charge in [0.1, 0.15) is 0 Å². The number of nitriles is 1. The van der Waals surface area contributed by atoms with Crippen molar-refractivity contribution in [1.82, 2.24) is 5.32 Å². The third-order valence-corrected chi connectivity index (χ3v) is 6.97. The Morgan fingerprint density at radius 1 is 1.23 bits per heavy atom. The molecule has 1 atom stereocenters. The Morgan fingerprint density at radius 3 is 2.63 bits per heavy atom.